The fourth-order valence-corrected chi connectivity index (χ4v) is 7.82. The maximum absolute atomic E-state index is 11.0. The van der Waals surface area contributed by atoms with E-state index in [9.17, 15) is 15.3 Å². The molecule has 0 spiro atoms. The van der Waals surface area contributed by atoms with Crippen LogP contribution in [0, 0.1) is 40.4 Å². The molecule has 3 heteroatoms. The van der Waals surface area contributed by atoms with Gasteiger partial charge in [-0.3, -0.25) is 0 Å². The highest BCUT2D eigenvalue weighted by Crippen LogP contribution is 2.64. The molecule has 174 valence electrons. The summed E-state index contributed by atoms with van der Waals surface area (Å²) in [6, 6.07) is 0. The number of aliphatic hydroxyl groups excluding tert-OH is 3. The van der Waals surface area contributed by atoms with Crippen molar-refractivity contribution < 1.29 is 15.3 Å². The molecule has 0 aromatic rings. The van der Waals surface area contributed by atoms with Crippen LogP contribution in [0.1, 0.15) is 98.8 Å². The highest BCUT2D eigenvalue weighted by atomic mass is 16.3. The average molecular weight is 421 g/mol. The van der Waals surface area contributed by atoms with E-state index < -0.39 is 6.10 Å². The lowest BCUT2D eigenvalue weighted by atomic mass is 9.51. The first-order chi connectivity index (χ1) is 14.1. The molecule has 8 atom stereocenters. The fourth-order valence-electron chi connectivity index (χ4n) is 7.82. The molecule has 0 radical (unpaired) electrons. The van der Waals surface area contributed by atoms with Crippen molar-refractivity contribution in [3.05, 3.63) is 11.6 Å². The van der Waals surface area contributed by atoms with Crippen LogP contribution in [0.15, 0.2) is 11.6 Å². The van der Waals surface area contributed by atoms with Gasteiger partial charge in [0.1, 0.15) is 0 Å². The fraction of sp³-hybridized carbons (Fsp3) is 0.926. The van der Waals surface area contributed by atoms with Crippen LogP contribution in [0.4, 0.5) is 0 Å². The van der Waals surface area contributed by atoms with Crippen molar-refractivity contribution >= 4 is 0 Å². The van der Waals surface area contributed by atoms with Crippen molar-refractivity contribution in [2.45, 2.75) is 111 Å². The van der Waals surface area contributed by atoms with Crippen molar-refractivity contribution in [3.63, 3.8) is 0 Å². The lowest BCUT2D eigenvalue weighted by molar-refractivity contribution is -0.0856. The molecule has 0 bridgehead atoms. The molecule has 0 aliphatic heterocycles. The van der Waals surface area contributed by atoms with Crippen molar-refractivity contribution in [3.8, 4) is 0 Å². The zero-order valence-electron chi connectivity index (χ0n) is 20.2. The third-order valence-electron chi connectivity index (χ3n) is 9.71. The molecule has 3 aliphatic rings. The summed E-state index contributed by atoms with van der Waals surface area (Å²) in [6.45, 7) is 12.0. The first-order valence-electron chi connectivity index (χ1n) is 12.8. The standard InChI is InChI=1S/C27H48O3/c1-18(2)7-6-8-19(3)22-9-10-23-21(13-16-28)24(12-15-26(22,23)4)27(5)14-11-20(29)17-25(27)30/h13,18-20,22-25,28-30H,6-12,14-17H2,1-5H3/b21-13+/t19-,20+,22-,23-,24-,25+,26-,27-/m1/s1. The minimum absolute atomic E-state index is 0.0990. The van der Waals surface area contributed by atoms with E-state index in [-0.39, 0.29) is 18.1 Å². The minimum atomic E-state index is -0.454. The molecule has 0 unspecified atom stereocenters. The van der Waals surface area contributed by atoms with Crippen molar-refractivity contribution in [1.82, 2.24) is 0 Å². The highest BCUT2D eigenvalue weighted by molar-refractivity contribution is 5.25. The van der Waals surface area contributed by atoms with Gasteiger partial charge < -0.3 is 15.3 Å². The van der Waals surface area contributed by atoms with Gasteiger partial charge in [0.15, 0.2) is 0 Å². The lowest BCUT2D eigenvalue weighted by Crippen LogP contribution is -2.50. The molecule has 0 aromatic carbocycles. The van der Waals surface area contributed by atoms with E-state index in [4.69, 9.17) is 0 Å². The molecule has 3 nitrogen and oxygen atoms in total. The zero-order valence-corrected chi connectivity index (χ0v) is 20.2. The number of fused-ring (bicyclic) bond motifs is 1. The molecule has 3 rings (SSSR count). The van der Waals surface area contributed by atoms with Crippen LogP contribution in [0.25, 0.3) is 0 Å². The molecule has 3 N–H and O–H groups in total. The minimum Gasteiger partial charge on any atom is -0.393 e. The van der Waals surface area contributed by atoms with E-state index in [1.165, 1.54) is 44.1 Å². The molecule has 0 saturated heterocycles. The van der Waals surface area contributed by atoms with Crippen LogP contribution in [-0.2, 0) is 0 Å². The number of rotatable bonds is 7. The third kappa shape index (κ3) is 4.55. The summed E-state index contributed by atoms with van der Waals surface area (Å²) in [5.41, 5.74) is 1.58. The van der Waals surface area contributed by atoms with Crippen LogP contribution in [-0.4, -0.2) is 34.1 Å². The predicted molar refractivity (Wildman–Crippen MR) is 124 cm³/mol. The summed E-state index contributed by atoms with van der Waals surface area (Å²) in [7, 11) is 0. The first-order valence-corrected chi connectivity index (χ1v) is 12.8. The van der Waals surface area contributed by atoms with E-state index in [0.717, 1.165) is 37.0 Å². The van der Waals surface area contributed by atoms with Gasteiger partial charge in [-0.1, -0.05) is 65.5 Å². The van der Waals surface area contributed by atoms with Crippen molar-refractivity contribution in [2.24, 2.45) is 40.4 Å². The van der Waals surface area contributed by atoms with Gasteiger partial charge in [-0.05, 0) is 80.0 Å². The topological polar surface area (TPSA) is 60.7 Å². The van der Waals surface area contributed by atoms with Gasteiger partial charge >= 0.3 is 0 Å². The van der Waals surface area contributed by atoms with Gasteiger partial charge in [0.2, 0.25) is 0 Å². The second-order valence-electron chi connectivity index (χ2n) is 12.0. The first kappa shape index (κ1) is 24.3. The molecular formula is C27H48O3. The second kappa shape index (κ2) is 9.63. The Balaban J connectivity index is 1.79. The number of hydrogen-bond acceptors (Lipinski definition) is 3. The molecule has 0 amide bonds. The largest absolute Gasteiger partial charge is 0.393 e. The van der Waals surface area contributed by atoms with Crippen LogP contribution in [0.5, 0.6) is 0 Å². The summed E-state index contributed by atoms with van der Waals surface area (Å²) in [4.78, 5) is 0. The normalized spacial score (nSPS) is 44.4. The Bertz CT molecular complexity index is 599. The summed E-state index contributed by atoms with van der Waals surface area (Å²) in [6.07, 6.45) is 12.3. The van der Waals surface area contributed by atoms with Crippen molar-refractivity contribution in [1.29, 1.82) is 0 Å². The smallest absolute Gasteiger partial charge is 0.0624 e. The monoisotopic (exact) mass is 420 g/mol. The van der Waals surface area contributed by atoms with E-state index in [1.54, 1.807) is 0 Å². The number of allylic oxidation sites excluding steroid dienone is 1. The maximum atomic E-state index is 11.0. The van der Waals surface area contributed by atoms with Gasteiger partial charge in [0.05, 0.1) is 18.8 Å². The number of hydrogen-bond donors (Lipinski definition) is 3. The summed E-state index contributed by atoms with van der Waals surface area (Å²) in [5, 5.41) is 30.9. The van der Waals surface area contributed by atoms with Gasteiger partial charge in [0, 0.05) is 5.41 Å². The van der Waals surface area contributed by atoms with Crippen LogP contribution in [0.2, 0.25) is 0 Å². The zero-order chi connectivity index (χ0) is 22.1. The molecule has 0 aromatic heterocycles. The Kier molecular flexibility index (Phi) is 7.79. The summed E-state index contributed by atoms with van der Waals surface area (Å²) < 4.78 is 0. The highest BCUT2D eigenvalue weighted by Gasteiger charge is 2.56. The maximum Gasteiger partial charge on any atom is 0.0624 e. The Morgan fingerprint density at radius 3 is 2.23 bits per heavy atom. The van der Waals surface area contributed by atoms with Gasteiger partial charge in [-0.15, -0.1) is 0 Å². The van der Waals surface area contributed by atoms with Crippen molar-refractivity contribution in [2.75, 3.05) is 6.61 Å². The predicted octanol–water partition coefficient (Wildman–Crippen LogP) is 5.72. The Hall–Kier alpha value is -0.380. The second-order valence-corrected chi connectivity index (χ2v) is 12.0. The van der Waals surface area contributed by atoms with Gasteiger partial charge in [-0.2, -0.15) is 0 Å². The summed E-state index contributed by atoms with van der Waals surface area (Å²) >= 11 is 0. The van der Waals surface area contributed by atoms with Crippen LogP contribution < -0.4 is 0 Å². The van der Waals surface area contributed by atoms with Crippen LogP contribution >= 0.6 is 0 Å². The average Bonchev–Trinajstić information content (AvgIpc) is 3.02. The Labute approximate surface area is 185 Å². The lowest BCUT2D eigenvalue weighted by Gasteiger charge is -2.54. The molecule has 3 saturated carbocycles. The SMILES string of the molecule is CC(C)CCC[C@@H](C)[C@H]1CC[C@@H]2/C(=C\CO)[C@H]([C@@]3(C)CC[C@H](O)C[C@@H]3O)CC[C@@]21C. The number of aliphatic hydroxyl groups is 3. The van der Waals surface area contributed by atoms with E-state index in [0.29, 0.717) is 23.7 Å². The van der Waals surface area contributed by atoms with Crippen LogP contribution in [0.3, 0.4) is 0 Å². The molecule has 3 fully saturated rings. The van der Waals surface area contributed by atoms with Gasteiger partial charge in [0.25, 0.3) is 0 Å². The molecule has 30 heavy (non-hydrogen) atoms. The molecular weight excluding hydrogens is 372 g/mol. The molecule has 3 aliphatic carbocycles. The summed E-state index contributed by atoms with van der Waals surface area (Å²) in [5.74, 6) is 3.19. The quantitative estimate of drug-likeness (QED) is 0.461. The Morgan fingerprint density at radius 2 is 1.60 bits per heavy atom. The Morgan fingerprint density at radius 1 is 0.933 bits per heavy atom. The van der Waals surface area contributed by atoms with E-state index in [2.05, 4.69) is 40.7 Å². The van der Waals surface area contributed by atoms with Gasteiger partial charge in [-0.25, -0.2) is 0 Å². The third-order valence-corrected chi connectivity index (χ3v) is 9.71. The van der Waals surface area contributed by atoms with E-state index >= 15 is 0 Å². The molecule has 0 heterocycles. The van der Waals surface area contributed by atoms with E-state index in [1.807, 2.05) is 0 Å².